The first-order valence-electron chi connectivity index (χ1n) is 5.71. The molecule has 3 rings (SSSR count). The van der Waals surface area contributed by atoms with E-state index in [-0.39, 0.29) is 0 Å². The number of anilines is 1. The van der Waals surface area contributed by atoms with Crippen LogP contribution in [-0.2, 0) is 0 Å². The average Bonchev–Trinajstić information content (AvgIpc) is 2.71. The van der Waals surface area contributed by atoms with Gasteiger partial charge in [-0.25, -0.2) is 4.98 Å². The predicted molar refractivity (Wildman–Crippen MR) is 78.6 cm³/mol. The van der Waals surface area contributed by atoms with E-state index in [0.717, 1.165) is 20.4 Å². The molecule has 0 amide bonds. The van der Waals surface area contributed by atoms with Gasteiger partial charge in [0.2, 0.25) is 0 Å². The number of thioether (sulfide) groups is 1. The molecule has 1 fully saturated rings. The summed E-state index contributed by atoms with van der Waals surface area (Å²) in [4.78, 5) is 4.59. The van der Waals surface area contributed by atoms with E-state index in [9.17, 15) is 0 Å². The first-order chi connectivity index (χ1) is 8.31. The second kappa shape index (κ2) is 5.04. The van der Waals surface area contributed by atoms with E-state index in [2.05, 4.69) is 10.3 Å². The van der Waals surface area contributed by atoms with Gasteiger partial charge in [-0.05, 0) is 42.5 Å². The van der Waals surface area contributed by atoms with Crippen LogP contribution in [0.25, 0.3) is 10.2 Å². The second-order valence-corrected chi connectivity index (χ2v) is 6.85. The van der Waals surface area contributed by atoms with Gasteiger partial charge in [-0.2, -0.15) is 11.8 Å². The van der Waals surface area contributed by atoms with Crippen molar-refractivity contribution in [2.24, 2.45) is 0 Å². The van der Waals surface area contributed by atoms with Gasteiger partial charge in [0.1, 0.15) is 0 Å². The van der Waals surface area contributed by atoms with Gasteiger partial charge in [-0.15, -0.1) is 0 Å². The number of nitrogens with one attached hydrogen (secondary N) is 1. The molecule has 0 radical (unpaired) electrons. The summed E-state index contributed by atoms with van der Waals surface area (Å²) < 4.78 is 1.16. The topological polar surface area (TPSA) is 24.9 Å². The van der Waals surface area contributed by atoms with Gasteiger partial charge >= 0.3 is 0 Å². The van der Waals surface area contributed by atoms with Gasteiger partial charge in [0, 0.05) is 11.1 Å². The van der Waals surface area contributed by atoms with Crippen LogP contribution in [0.4, 0.5) is 5.13 Å². The van der Waals surface area contributed by atoms with Gasteiger partial charge in [-0.3, -0.25) is 0 Å². The molecule has 2 nitrogen and oxygen atoms in total. The lowest BCUT2D eigenvalue weighted by atomic mass is 10.2. The number of rotatable bonds is 2. The Morgan fingerprint density at radius 3 is 2.94 bits per heavy atom. The third-order valence-corrected chi connectivity index (χ3v) is 5.13. The minimum absolute atomic E-state index is 0.590. The quantitative estimate of drug-likeness (QED) is 0.892. The molecule has 17 heavy (non-hydrogen) atoms. The first kappa shape index (κ1) is 11.6. The number of thiazole rings is 1. The molecule has 1 aliphatic rings. The van der Waals surface area contributed by atoms with E-state index in [1.165, 1.54) is 24.3 Å². The number of halogens is 1. The molecular weight excluding hydrogens is 272 g/mol. The third kappa shape index (κ3) is 2.69. The van der Waals surface area contributed by atoms with Crippen LogP contribution in [0.1, 0.15) is 12.8 Å². The largest absolute Gasteiger partial charge is 0.359 e. The SMILES string of the molecule is Clc1ccc2nc(NC3CCSCC3)sc2c1. The Morgan fingerprint density at radius 2 is 2.12 bits per heavy atom. The molecule has 1 aromatic heterocycles. The van der Waals surface area contributed by atoms with Crippen LogP contribution >= 0.6 is 34.7 Å². The lowest BCUT2D eigenvalue weighted by Crippen LogP contribution is -2.24. The predicted octanol–water partition coefficient (Wildman–Crippen LogP) is 4.26. The summed E-state index contributed by atoms with van der Waals surface area (Å²) in [5.74, 6) is 2.52. The van der Waals surface area contributed by atoms with E-state index < -0.39 is 0 Å². The second-order valence-electron chi connectivity index (χ2n) is 4.16. The number of benzene rings is 1. The van der Waals surface area contributed by atoms with Crippen molar-refractivity contribution in [3.8, 4) is 0 Å². The average molecular weight is 285 g/mol. The lowest BCUT2D eigenvalue weighted by Gasteiger charge is -2.21. The van der Waals surface area contributed by atoms with E-state index in [1.54, 1.807) is 11.3 Å². The molecule has 0 unspecified atom stereocenters. The number of hydrogen-bond acceptors (Lipinski definition) is 4. The standard InChI is InChI=1S/C12H13ClN2S2/c13-8-1-2-10-11(7-8)17-12(15-10)14-9-3-5-16-6-4-9/h1-2,7,9H,3-6H2,(H,14,15). The molecule has 2 aromatic rings. The van der Waals surface area contributed by atoms with Crippen molar-refractivity contribution in [2.45, 2.75) is 18.9 Å². The molecular formula is C12H13ClN2S2. The molecule has 0 atom stereocenters. The number of hydrogen-bond donors (Lipinski definition) is 1. The number of nitrogens with zero attached hydrogens (tertiary/aromatic N) is 1. The van der Waals surface area contributed by atoms with Crippen LogP contribution in [0.5, 0.6) is 0 Å². The molecule has 0 aliphatic carbocycles. The van der Waals surface area contributed by atoms with E-state index in [0.29, 0.717) is 6.04 Å². The molecule has 0 spiro atoms. The molecule has 1 aromatic carbocycles. The molecule has 5 heteroatoms. The lowest BCUT2D eigenvalue weighted by molar-refractivity contribution is 0.666. The van der Waals surface area contributed by atoms with Crippen molar-refractivity contribution in [1.82, 2.24) is 4.98 Å². The van der Waals surface area contributed by atoms with Crippen molar-refractivity contribution in [3.63, 3.8) is 0 Å². The van der Waals surface area contributed by atoms with Crippen LogP contribution in [0.3, 0.4) is 0 Å². The van der Waals surface area contributed by atoms with Gasteiger partial charge in [0.25, 0.3) is 0 Å². The fraction of sp³-hybridized carbons (Fsp3) is 0.417. The van der Waals surface area contributed by atoms with E-state index in [1.807, 2.05) is 30.0 Å². The summed E-state index contributed by atoms with van der Waals surface area (Å²) >= 11 is 9.71. The molecule has 2 heterocycles. The summed E-state index contributed by atoms with van der Waals surface area (Å²) in [6, 6.07) is 6.45. The molecule has 1 N–H and O–H groups in total. The highest BCUT2D eigenvalue weighted by Crippen LogP contribution is 2.30. The molecule has 1 saturated heterocycles. The Labute approximate surface area is 114 Å². The minimum Gasteiger partial charge on any atom is -0.359 e. The first-order valence-corrected chi connectivity index (χ1v) is 8.06. The van der Waals surface area contributed by atoms with Crippen LogP contribution in [0, 0.1) is 0 Å². The highest BCUT2D eigenvalue weighted by Gasteiger charge is 2.15. The summed E-state index contributed by atoms with van der Waals surface area (Å²) in [7, 11) is 0. The number of aromatic nitrogens is 1. The Bertz CT molecular complexity index is 520. The zero-order chi connectivity index (χ0) is 11.7. The normalized spacial score (nSPS) is 17.5. The molecule has 90 valence electrons. The van der Waals surface area contributed by atoms with Gasteiger partial charge in [-0.1, -0.05) is 22.9 Å². The zero-order valence-electron chi connectivity index (χ0n) is 9.28. The molecule has 0 saturated carbocycles. The van der Waals surface area contributed by atoms with Crippen molar-refractivity contribution >= 4 is 50.0 Å². The van der Waals surface area contributed by atoms with Gasteiger partial charge in [0.05, 0.1) is 10.2 Å². The van der Waals surface area contributed by atoms with E-state index in [4.69, 9.17) is 11.6 Å². The Balaban J connectivity index is 1.80. The van der Waals surface area contributed by atoms with Crippen LogP contribution in [-0.4, -0.2) is 22.5 Å². The van der Waals surface area contributed by atoms with Crippen LogP contribution in [0.15, 0.2) is 18.2 Å². The maximum Gasteiger partial charge on any atom is 0.184 e. The zero-order valence-corrected chi connectivity index (χ0v) is 11.7. The summed E-state index contributed by atoms with van der Waals surface area (Å²) in [5.41, 5.74) is 1.03. The maximum atomic E-state index is 5.98. The fourth-order valence-electron chi connectivity index (χ4n) is 1.98. The molecule has 0 bridgehead atoms. The van der Waals surface area contributed by atoms with Gasteiger partial charge in [0.15, 0.2) is 5.13 Å². The van der Waals surface area contributed by atoms with Crippen molar-refractivity contribution in [3.05, 3.63) is 23.2 Å². The van der Waals surface area contributed by atoms with Crippen molar-refractivity contribution in [2.75, 3.05) is 16.8 Å². The Hall–Kier alpha value is -0.450. The van der Waals surface area contributed by atoms with Crippen molar-refractivity contribution in [1.29, 1.82) is 0 Å². The van der Waals surface area contributed by atoms with E-state index >= 15 is 0 Å². The van der Waals surface area contributed by atoms with Gasteiger partial charge < -0.3 is 5.32 Å². The highest BCUT2D eigenvalue weighted by molar-refractivity contribution is 7.99. The third-order valence-electron chi connectivity index (χ3n) is 2.90. The smallest absolute Gasteiger partial charge is 0.184 e. The van der Waals surface area contributed by atoms with Crippen molar-refractivity contribution < 1.29 is 0 Å². The monoisotopic (exact) mass is 284 g/mol. The van der Waals surface area contributed by atoms with Crippen LogP contribution in [0.2, 0.25) is 5.02 Å². The van der Waals surface area contributed by atoms with Crippen LogP contribution < -0.4 is 5.32 Å². The highest BCUT2D eigenvalue weighted by atomic mass is 35.5. The summed E-state index contributed by atoms with van der Waals surface area (Å²) in [5, 5.41) is 5.35. The Morgan fingerprint density at radius 1 is 1.29 bits per heavy atom. The maximum absolute atomic E-state index is 5.98. The molecule has 1 aliphatic heterocycles. The summed E-state index contributed by atoms with van der Waals surface area (Å²) in [6.45, 7) is 0. The number of fused-ring (bicyclic) bond motifs is 1. The fourth-order valence-corrected chi connectivity index (χ4v) is 4.30. The Kier molecular flexibility index (Phi) is 3.45. The minimum atomic E-state index is 0.590. The summed E-state index contributed by atoms with van der Waals surface area (Å²) in [6.07, 6.45) is 2.47.